The van der Waals surface area contributed by atoms with E-state index >= 15 is 0 Å². The van der Waals surface area contributed by atoms with E-state index in [0.717, 1.165) is 12.1 Å². The van der Waals surface area contributed by atoms with E-state index in [-0.39, 0.29) is 6.42 Å². The van der Waals surface area contributed by atoms with Crippen molar-refractivity contribution < 1.29 is 9.90 Å². The molecule has 0 bridgehead atoms. The molecule has 0 radical (unpaired) electrons. The second-order valence-corrected chi connectivity index (χ2v) is 5.84. The molecule has 1 aromatic carbocycles. The van der Waals surface area contributed by atoms with Crippen molar-refractivity contribution in [3.05, 3.63) is 35.5 Å². The molecule has 0 aliphatic carbocycles. The quantitative estimate of drug-likeness (QED) is 0.724. The first-order valence-electron chi connectivity index (χ1n) is 7.92. The maximum absolute atomic E-state index is 10.9. The number of aryl methyl sites for hydroxylation is 2. The molecule has 1 heterocycles. The highest BCUT2D eigenvalue weighted by molar-refractivity contribution is 5.85. The Kier molecular flexibility index (Phi) is 5.43. The molecule has 114 valence electrons. The minimum Gasteiger partial charge on any atom is -0.481 e. The van der Waals surface area contributed by atoms with Gasteiger partial charge in [0, 0.05) is 23.6 Å². The van der Waals surface area contributed by atoms with E-state index in [4.69, 9.17) is 5.11 Å². The number of benzene rings is 1. The van der Waals surface area contributed by atoms with Crippen LogP contribution in [0.15, 0.2) is 24.4 Å². The van der Waals surface area contributed by atoms with Gasteiger partial charge in [-0.15, -0.1) is 0 Å². The van der Waals surface area contributed by atoms with Gasteiger partial charge in [-0.1, -0.05) is 44.7 Å². The zero-order valence-corrected chi connectivity index (χ0v) is 13.1. The van der Waals surface area contributed by atoms with Crippen LogP contribution >= 0.6 is 0 Å². The Balaban J connectivity index is 2.12. The number of carboxylic acids is 1. The predicted molar refractivity (Wildman–Crippen MR) is 86.8 cm³/mol. The van der Waals surface area contributed by atoms with Crippen molar-refractivity contribution in [2.24, 2.45) is 0 Å². The van der Waals surface area contributed by atoms with E-state index in [0.29, 0.717) is 0 Å². The fourth-order valence-corrected chi connectivity index (χ4v) is 2.88. The number of aliphatic carboxylic acids is 1. The van der Waals surface area contributed by atoms with Crippen LogP contribution in [0, 0.1) is 6.92 Å². The third kappa shape index (κ3) is 4.10. The van der Waals surface area contributed by atoms with E-state index in [1.807, 2.05) is 12.1 Å². The second-order valence-electron chi connectivity index (χ2n) is 5.84. The van der Waals surface area contributed by atoms with Crippen LogP contribution in [0.5, 0.6) is 0 Å². The van der Waals surface area contributed by atoms with E-state index < -0.39 is 5.97 Å². The minimum absolute atomic E-state index is 0.0939. The molecule has 0 atom stereocenters. The Labute approximate surface area is 126 Å². The molecule has 3 heteroatoms. The lowest BCUT2D eigenvalue weighted by Crippen LogP contribution is -2.01. The SMILES string of the molecule is CCCCCCCn1cc(C)c2ccc(CC(=O)O)cc21. The third-order valence-corrected chi connectivity index (χ3v) is 4.00. The summed E-state index contributed by atoms with van der Waals surface area (Å²) in [6.07, 6.45) is 8.62. The first-order chi connectivity index (χ1) is 10.1. The molecule has 2 rings (SSSR count). The van der Waals surface area contributed by atoms with Crippen LogP contribution in [0.2, 0.25) is 0 Å². The van der Waals surface area contributed by atoms with E-state index in [1.54, 1.807) is 0 Å². The van der Waals surface area contributed by atoms with E-state index in [9.17, 15) is 4.79 Å². The molecule has 1 aromatic heterocycles. The van der Waals surface area contributed by atoms with Crippen LogP contribution in [-0.2, 0) is 17.8 Å². The Morgan fingerprint density at radius 1 is 1.19 bits per heavy atom. The van der Waals surface area contributed by atoms with Crippen LogP contribution in [0.3, 0.4) is 0 Å². The van der Waals surface area contributed by atoms with Crippen LogP contribution < -0.4 is 0 Å². The van der Waals surface area contributed by atoms with Crippen molar-refractivity contribution in [1.82, 2.24) is 4.57 Å². The number of hydrogen-bond donors (Lipinski definition) is 1. The second kappa shape index (κ2) is 7.30. The number of fused-ring (bicyclic) bond motifs is 1. The molecular formula is C18H25NO2. The molecular weight excluding hydrogens is 262 g/mol. The molecule has 0 fully saturated rings. The molecule has 3 nitrogen and oxygen atoms in total. The lowest BCUT2D eigenvalue weighted by molar-refractivity contribution is -0.136. The molecule has 0 spiro atoms. The summed E-state index contributed by atoms with van der Waals surface area (Å²) in [5.74, 6) is -0.774. The largest absolute Gasteiger partial charge is 0.481 e. The number of nitrogens with zero attached hydrogens (tertiary/aromatic N) is 1. The number of hydrogen-bond acceptors (Lipinski definition) is 1. The monoisotopic (exact) mass is 287 g/mol. The standard InChI is InChI=1S/C18H25NO2/c1-3-4-5-6-7-10-19-13-14(2)16-9-8-15(11-17(16)19)12-18(20)21/h8-9,11,13H,3-7,10,12H2,1-2H3,(H,20,21). The molecule has 21 heavy (non-hydrogen) atoms. The Hall–Kier alpha value is -1.77. The van der Waals surface area contributed by atoms with E-state index in [2.05, 4.69) is 30.7 Å². The Morgan fingerprint density at radius 3 is 2.67 bits per heavy atom. The summed E-state index contributed by atoms with van der Waals surface area (Å²) in [5.41, 5.74) is 3.31. The summed E-state index contributed by atoms with van der Waals surface area (Å²) in [4.78, 5) is 10.9. The lowest BCUT2D eigenvalue weighted by Gasteiger charge is -2.06. The first-order valence-corrected chi connectivity index (χ1v) is 7.92. The van der Waals surface area contributed by atoms with Gasteiger partial charge in [0.25, 0.3) is 0 Å². The molecule has 0 aliphatic rings. The Morgan fingerprint density at radius 2 is 1.95 bits per heavy atom. The summed E-state index contributed by atoms with van der Waals surface area (Å²) in [6, 6.07) is 6.01. The number of carboxylic acid groups (broad SMARTS) is 1. The van der Waals surface area contributed by atoms with Crippen LogP contribution in [0.25, 0.3) is 10.9 Å². The number of rotatable bonds is 8. The van der Waals surface area contributed by atoms with Gasteiger partial charge in [-0.05, 0) is 30.5 Å². The van der Waals surface area contributed by atoms with Gasteiger partial charge in [0.05, 0.1) is 6.42 Å². The molecule has 0 aliphatic heterocycles. The summed E-state index contributed by atoms with van der Waals surface area (Å²) in [7, 11) is 0. The maximum atomic E-state index is 10.9. The smallest absolute Gasteiger partial charge is 0.307 e. The van der Waals surface area contributed by atoms with Gasteiger partial charge in [0.2, 0.25) is 0 Å². The normalized spacial score (nSPS) is 11.1. The fraction of sp³-hybridized carbons (Fsp3) is 0.500. The van der Waals surface area contributed by atoms with Crippen molar-refractivity contribution >= 4 is 16.9 Å². The first kappa shape index (κ1) is 15.6. The van der Waals surface area contributed by atoms with Gasteiger partial charge >= 0.3 is 5.97 Å². The summed E-state index contributed by atoms with van der Waals surface area (Å²) < 4.78 is 2.28. The molecule has 1 N–H and O–H groups in total. The van der Waals surface area contributed by atoms with Gasteiger partial charge in [-0.3, -0.25) is 4.79 Å². The highest BCUT2D eigenvalue weighted by atomic mass is 16.4. The number of aromatic nitrogens is 1. The van der Waals surface area contributed by atoms with Gasteiger partial charge < -0.3 is 9.67 Å². The predicted octanol–water partition coefficient (Wildman–Crippen LogP) is 4.55. The van der Waals surface area contributed by atoms with Crippen LogP contribution in [0.4, 0.5) is 0 Å². The van der Waals surface area contributed by atoms with Crippen LogP contribution in [0.1, 0.15) is 50.2 Å². The van der Waals surface area contributed by atoms with Crippen molar-refractivity contribution in [2.45, 2.75) is 58.9 Å². The fourth-order valence-electron chi connectivity index (χ4n) is 2.88. The lowest BCUT2D eigenvalue weighted by atomic mass is 10.1. The zero-order chi connectivity index (χ0) is 15.2. The van der Waals surface area contributed by atoms with E-state index in [1.165, 1.54) is 48.6 Å². The average molecular weight is 287 g/mol. The van der Waals surface area contributed by atoms with Crippen molar-refractivity contribution in [3.63, 3.8) is 0 Å². The molecule has 0 saturated carbocycles. The van der Waals surface area contributed by atoms with Gasteiger partial charge in [-0.25, -0.2) is 0 Å². The molecule has 2 aromatic rings. The van der Waals surface area contributed by atoms with Crippen molar-refractivity contribution in [1.29, 1.82) is 0 Å². The van der Waals surface area contributed by atoms with Gasteiger partial charge in [0.1, 0.15) is 0 Å². The summed E-state index contributed by atoms with van der Waals surface area (Å²) >= 11 is 0. The van der Waals surface area contributed by atoms with Crippen molar-refractivity contribution in [3.8, 4) is 0 Å². The Bertz CT molecular complexity index is 613. The summed E-state index contributed by atoms with van der Waals surface area (Å²) in [6.45, 7) is 5.37. The van der Waals surface area contributed by atoms with Crippen LogP contribution in [-0.4, -0.2) is 15.6 Å². The third-order valence-electron chi connectivity index (χ3n) is 4.00. The van der Waals surface area contributed by atoms with Gasteiger partial charge in [-0.2, -0.15) is 0 Å². The number of carbonyl (C=O) groups is 1. The summed E-state index contributed by atoms with van der Waals surface area (Å²) in [5, 5.41) is 10.2. The molecule has 0 amide bonds. The minimum atomic E-state index is -0.774. The van der Waals surface area contributed by atoms with Gasteiger partial charge in [0.15, 0.2) is 0 Å². The molecule has 0 saturated heterocycles. The molecule has 0 unspecified atom stereocenters. The zero-order valence-electron chi connectivity index (χ0n) is 13.1. The maximum Gasteiger partial charge on any atom is 0.307 e. The number of unbranched alkanes of at least 4 members (excludes halogenated alkanes) is 4. The highest BCUT2D eigenvalue weighted by Gasteiger charge is 2.08. The average Bonchev–Trinajstić information content (AvgIpc) is 2.74. The topological polar surface area (TPSA) is 42.2 Å². The highest BCUT2D eigenvalue weighted by Crippen LogP contribution is 2.23. The van der Waals surface area contributed by atoms with Crippen molar-refractivity contribution in [2.75, 3.05) is 0 Å².